The first-order chi connectivity index (χ1) is 10.4. The van der Waals surface area contributed by atoms with Gasteiger partial charge in [0.15, 0.2) is 5.84 Å². The fraction of sp³-hybridized carbons (Fsp3) is 0.333. The fourth-order valence-electron chi connectivity index (χ4n) is 2.32. The Morgan fingerprint density at radius 3 is 2.41 bits per heavy atom. The van der Waals surface area contributed by atoms with E-state index in [0.717, 1.165) is 18.2 Å². The van der Waals surface area contributed by atoms with Gasteiger partial charge in [-0.25, -0.2) is 15.0 Å². The molecule has 4 nitrogen and oxygen atoms in total. The van der Waals surface area contributed by atoms with E-state index in [1.54, 1.807) is 12.1 Å². The Morgan fingerprint density at radius 1 is 1.09 bits per heavy atom. The summed E-state index contributed by atoms with van der Waals surface area (Å²) in [5.41, 5.74) is -0.672. The zero-order valence-corrected chi connectivity index (χ0v) is 11.8. The van der Waals surface area contributed by atoms with Crippen molar-refractivity contribution in [2.75, 3.05) is 0 Å². The van der Waals surface area contributed by atoms with E-state index in [1.165, 1.54) is 6.34 Å². The van der Waals surface area contributed by atoms with Crippen LogP contribution in [0.5, 0.6) is 0 Å². The van der Waals surface area contributed by atoms with E-state index in [2.05, 4.69) is 20.0 Å². The minimum atomic E-state index is -4.61. The molecule has 3 rings (SSSR count). The highest BCUT2D eigenvalue weighted by atomic mass is 19.4. The van der Waals surface area contributed by atoms with Crippen LogP contribution >= 0.6 is 0 Å². The Labute approximate surface area is 125 Å². The highest BCUT2D eigenvalue weighted by Gasteiger charge is 2.56. The second-order valence-corrected chi connectivity index (χ2v) is 5.11. The van der Waals surface area contributed by atoms with E-state index >= 15 is 0 Å². The summed E-state index contributed by atoms with van der Waals surface area (Å²) in [6, 6.07) is 7.01. The lowest BCUT2D eigenvalue weighted by Gasteiger charge is -2.30. The number of fused-ring (bicyclic) bond motifs is 1. The van der Waals surface area contributed by atoms with Crippen LogP contribution in [0.1, 0.15) is 18.1 Å². The van der Waals surface area contributed by atoms with Crippen molar-refractivity contribution in [1.82, 2.24) is 0 Å². The predicted molar refractivity (Wildman–Crippen MR) is 80.2 cm³/mol. The first-order valence-corrected chi connectivity index (χ1v) is 6.84. The molecule has 0 radical (unpaired) electrons. The average molecular weight is 306 g/mol. The monoisotopic (exact) mass is 306 g/mol. The van der Waals surface area contributed by atoms with Gasteiger partial charge in [-0.15, -0.1) is 0 Å². The Bertz CT molecular complexity index is 698. The summed E-state index contributed by atoms with van der Waals surface area (Å²) in [6.45, 7) is 1.99. The molecule has 1 aromatic carbocycles. The van der Waals surface area contributed by atoms with Gasteiger partial charge in [-0.1, -0.05) is 31.2 Å². The maximum atomic E-state index is 13.6. The normalized spacial score (nSPS) is 23.3. The maximum absolute atomic E-state index is 13.6. The minimum Gasteiger partial charge on any atom is -0.251 e. The van der Waals surface area contributed by atoms with Crippen molar-refractivity contribution in [2.24, 2.45) is 20.0 Å². The van der Waals surface area contributed by atoms with Crippen molar-refractivity contribution < 1.29 is 13.2 Å². The summed E-state index contributed by atoms with van der Waals surface area (Å²) in [5, 5.41) is 0. The lowest BCUT2D eigenvalue weighted by atomic mass is 9.97. The van der Waals surface area contributed by atoms with Gasteiger partial charge in [-0.3, -0.25) is 4.99 Å². The molecule has 0 aliphatic carbocycles. The van der Waals surface area contributed by atoms with Crippen LogP contribution in [0.25, 0.3) is 0 Å². The molecular weight excluding hydrogens is 293 g/mol. The number of halogens is 3. The zero-order valence-electron chi connectivity index (χ0n) is 11.8. The van der Waals surface area contributed by atoms with E-state index in [-0.39, 0.29) is 18.0 Å². The molecule has 114 valence electrons. The van der Waals surface area contributed by atoms with Crippen molar-refractivity contribution in [3.8, 4) is 0 Å². The first-order valence-electron chi connectivity index (χ1n) is 6.84. The topological polar surface area (TPSA) is 49.4 Å². The zero-order chi connectivity index (χ0) is 15.8. The average Bonchev–Trinajstić information content (AvgIpc) is 2.94. The third-order valence-corrected chi connectivity index (χ3v) is 3.63. The molecule has 1 atom stereocenters. The number of amidine groups is 1. The van der Waals surface area contributed by atoms with E-state index in [9.17, 15) is 13.2 Å². The number of hydrogen-bond acceptors (Lipinski definition) is 4. The molecule has 0 saturated heterocycles. The number of nitrogens with zero attached hydrogens (tertiary/aromatic N) is 4. The van der Waals surface area contributed by atoms with E-state index < -0.39 is 11.8 Å². The van der Waals surface area contributed by atoms with E-state index in [1.807, 2.05) is 19.1 Å². The van der Waals surface area contributed by atoms with Crippen LogP contribution in [-0.4, -0.2) is 35.9 Å². The highest BCUT2D eigenvalue weighted by molar-refractivity contribution is 6.65. The molecule has 0 bridgehead atoms. The molecule has 0 saturated carbocycles. The lowest BCUT2D eigenvalue weighted by molar-refractivity contribution is -0.182. The maximum Gasteiger partial charge on any atom is 0.434 e. The van der Waals surface area contributed by atoms with Gasteiger partial charge < -0.3 is 0 Å². The van der Waals surface area contributed by atoms with Crippen molar-refractivity contribution in [2.45, 2.75) is 31.6 Å². The smallest absolute Gasteiger partial charge is 0.251 e. The van der Waals surface area contributed by atoms with Gasteiger partial charge in [0.25, 0.3) is 5.66 Å². The van der Waals surface area contributed by atoms with E-state index in [0.29, 0.717) is 5.56 Å². The molecule has 0 spiro atoms. The van der Waals surface area contributed by atoms with Crippen LogP contribution in [0.15, 0.2) is 44.2 Å². The Balaban J connectivity index is 1.97. The van der Waals surface area contributed by atoms with Crippen molar-refractivity contribution >= 4 is 24.1 Å². The summed E-state index contributed by atoms with van der Waals surface area (Å²) in [7, 11) is 0. The molecule has 2 aliphatic rings. The van der Waals surface area contributed by atoms with Gasteiger partial charge >= 0.3 is 6.18 Å². The third kappa shape index (κ3) is 2.47. The van der Waals surface area contributed by atoms with Crippen LogP contribution in [0, 0.1) is 0 Å². The summed E-state index contributed by atoms with van der Waals surface area (Å²) >= 11 is 0. The Morgan fingerprint density at radius 2 is 1.77 bits per heavy atom. The molecule has 7 heteroatoms. The molecule has 22 heavy (non-hydrogen) atoms. The summed E-state index contributed by atoms with van der Waals surface area (Å²) < 4.78 is 40.7. The second-order valence-electron chi connectivity index (χ2n) is 5.11. The van der Waals surface area contributed by atoms with Gasteiger partial charge in [0.1, 0.15) is 12.1 Å². The third-order valence-electron chi connectivity index (χ3n) is 3.63. The van der Waals surface area contributed by atoms with Crippen LogP contribution in [0.3, 0.4) is 0 Å². The Kier molecular flexibility index (Phi) is 3.42. The van der Waals surface area contributed by atoms with Gasteiger partial charge in [0.2, 0.25) is 0 Å². The number of hydrogen-bond donors (Lipinski definition) is 0. The van der Waals surface area contributed by atoms with E-state index in [4.69, 9.17) is 0 Å². The second kappa shape index (κ2) is 5.15. The number of alkyl halides is 3. The van der Waals surface area contributed by atoms with Crippen molar-refractivity contribution in [1.29, 1.82) is 0 Å². The number of benzene rings is 1. The molecule has 0 fully saturated rings. The number of rotatable bonds is 3. The standard InChI is InChI=1S/C15H13F3N4/c1-2-10-3-5-11(6-4-10)7-14(15(16,17)18)21-8-12-13(22-14)20-9-19-12/h3-6,8-9H,2,7H2,1H3. The summed E-state index contributed by atoms with van der Waals surface area (Å²) in [5.74, 6) is -0.0162. The molecular formula is C15H13F3N4. The molecule has 1 aromatic rings. The molecule has 2 aliphatic heterocycles. The number of aliphatic imine (C=N–C) groups is 4. The number of aryl methyl sites for hydroxylation is 1. The fourth-order valence-corrected chi connectivity index (χ4v) is 2.32. The van der Waals surface area contributed by atoms with Gasteiger partial charge in [-0.05, 0) is 17.5 Å². The predicted octanol–water partition coefficient (Wildman–Crippen LogP) is 3.02. The summed E-state index contributed by atoms with van der Waals surface area (Å²) in [6.07, 6.45) is -1.85. The molecule has 0 amide bonds. The molecule has 2 heterocycles. The summed E-state index contributed by atoms with van der Waals surface area (Å²) in [4.78, 5) is 15.0. The molecule has 0 aromatic heterocycles. The van der Waals surface area contributed by atoms with Crippen LogP contribution in [0.4, 0.5) is 13.2 Å². The van der Waals surface area contributed by atoms with Crippen LogP contribution in [0.2, 0.25) is 0 Å². The molecule has 1 unspecified atom stereocenters. The molecule has 0 N–H and O–H groups in total. The van der Waals surface area contributed by atoms with Crippen LogP contribution in [-0.2, 0) is 12.8 Å². The highest BCUT2D eigenvalue weighted by Crippen LogP contribution is 2.39. The van der Waals surface area contributed by atoms with Gasteiger partial charge in [0, 0.05) is 6.42 Å². The van der Waals surface area contributed by atoms with Crippen molar-refractivity contribution in [3.63, 3.8) is 0 Å². The van der Waals surface area contributed by atoms with Crippen LogP contribution < -0.4 is 0 Å². The minimum absolute atomic E-state index is 0.0162. The SMILES string of the molecule is CCc1ccc(CC2(C(F)(F)F)N=CC3=NC=NC3=N2)cc1. The van der Waals surface area contributed by atoms with Gasteiger partial charge in [0.05, 0.1) is 6.21 Å². The van der Waals surface area contributed by atoms with Gasteiger partial charge in [-0.2, -0.15) is 13.2 Å². The largest absolute Gasteiger partial charge is 0.434 e. The van der Waals surface area contributed by atoms with Crippen molar-refractivity contribution in [3.05, 3.63) is 35.4 Å². The first kappa shape index (κ1) is 14.6. The lowest BCUT2D eigenvalue weighted by Crippen LogP contribution is -2.47. The Hall–Kier alpha value is -2.31. The quantitative estimate of drug-likeness (QED) is 0.824.